The largest absolute Gasteiger partial charge is 0.416 e. The highest BCUT2D eigenvalue weighted by atomic mass is 19.4. The number of nitrogens with zero attached hydrogens (tertiary/aromatic N) is 1. The SMILES string of the molecule is O=C(CCCNc1ccc([N+](=O)[O-])cc1)NCc1ccc(C(F)(F)F)cc1. The number of hydrogen-bond acceptors (Lipinski definition) is 4. The van der Waals surface area contributed by atoms with Crippen molar-refractivity contribution in [3.63, 3.8) is 0 Å². The number of nitro benzene ring substituents is 1. The zero-order valence-corrected chi connectivity index (χ0v) is 14.3. The molecule has 2 rings (SSSR count). The fourth-order valence-corrected chi connectivity index (χ4v) is 2.28. The van der Waals surface area contributed by atoms with Crippen LogP contribution >= 0.6 is 0 Å². The van der Waals surface area contributed by atoms with Crippen LogP contribution in [0.5, 0.6) is 0 Å². The molecule has 9 heteroatoms. The predicted octanol–water partition coefficient (Wildman–Crippen LogP) is 4.12. The van der Waals surface area contributed by atoms with Gasteiger partial charge in [-0.15, -0.1) is 0 Å². The summed E-state index contributed by atoms with van der Waals surface area (Å²) < 4.78 is 37.4. The maximum absolute atomic E-state index is 12.5. The molecule has 2 aromatic carbocycles. The first-order valence-corrected chi connectivity index (χ1v) is 8.17. The average Bonchev–Trinajstić information content (AvgIpc) is 2.63. The summed E-state index contributed by atoms with van der Waals surface area (Å²) in [6.45, 7) is 0.665. The van der Waals surface area contributed by atoms with Gasteiger partial charge in [-0.3, -0.25) is 14.9 Å². The van der Waals surface area contributed by atoms with E-state index in [1.54, 1.807) is 12.1 Å². The average molecular weight is 381 g/mol. The minimum absolute atomic E-state index is 0.00296. The number of benzene rings is 2. The van der Waals surface area contributed by atoms with Gasteiger partial charge in [0.15, 0.2) is 0 Å². The van der Waals surface area contributed by atoms with Crippen molar-refractivity contribution in [3.8, 4) is 0 Å². The summed E-state index contributed by atoms with van der Waals surface area (Å²) in [7, 11) is 0. The Kier molecular flexibility index (Phi) is 6.75. The molecule has 6 nitrogen and oxygen atoms in total. The molecule has 0 atom stereocenters. The number of rotatable bonds is 8. The van der Waals surface area contributed by atoms with Crippen LogP contribution in [0.15, 0.2) is 48.5 Å². The Hall–Kier alpha value is -3.10. The Balaban J connectivity index is 1.67. The van der Waals surface area contributed by atoms with Gasteiger partial charge >= 0.3 is 6.18 Å². The molecule has 0 aliphatic heterocycles. The minimum Gasteiger partial charge on any atom is -0.385 e. The predicted molar refractivity (Wildman–Crippen MR) is 94.1 cm³/mol. The highest BCUT2D eigenvalue weighted by Gasteiger charge is 2.29. The summed E-state index contributed by atoms with van der Waals surface area (Å²) in [5, 5.41) is 16.3. The fourth-order valence-electron chi connectivity index (χ4n) is 2.28. The van der Waals surface area contributed by atoms with Gasteiger partial charge in [-0.1, -0.05) is 12.1 Å². The number of carbonyl (C=O) groups excluding carboxylic acids is 1. The van der Waals surface area contributed by atoms with Gasteiger partial charge in [0.25, 0.3) is 5.69 Å². The molecule has 1 amide bonds. The van der Waals surface area contributed by atoms with Gasteiger partial charge in [0.2, 0.25) is 5.91 Å². The van der Waals surface area contributed by atoms with Crippen molar-refractivity contribution in [2.24, 2.45) is 0 Å². The Morgan fingerprint density at radius 2 is 1.67 bits per heavy atom. The molecule has 0 fully saturated rings. The lowest BCUT2D eigenvalue weighted by Crippen LogP contribution is -2.23. The van der Waals surface area contributed by atoms with Crippen LogP contribution in [0, 0.1) is 10.1 Å². The second-order valence-corrected chi connectivity index (χ2v) is 5.81. The molecule has 0 saturated carbocycles. The third-order valence-corrected chi connectivity index (χ3v) is 3.76. The van der Waals surface area contributed by atoms with Crippen molar-refractivity contribution in [1.29, 1.82) is 0 Å². The number of alkyl halides is 3. The highest BCUT2D eigenvalue weighted by molar-refractivity contribution is 5.75. The van der Waals surface area contributed by atoms with E-state index in [-0.39, 0.29) is 24.6 Å². The molecule has 0 bridgehead atoms. The summed E-state index contributed by atoms with van der Waals surface area (Å²) in [4.78, 5) is 21.9. The van der Waals surface area contributed by atoms with Crippen LogP contribution in [0.4, 0.5) is 24.5 Å². The van der Waals surface area contributed by atoms with E-state index in [1.807, 2.05) is 0 Å². The van der Waals surface area contributed by atoms with Crippen molar-refractivity contribution in [2.45, 2.75) is 25.6 Å². The molecule has 0 radical (unpaired) electrons. The second kappa shape index (κ2) is 9.02. The van der Waals surface area contributed by atoms with Crippen LogP contribution in [0.25, 0.3) is 0 Å². The Morgan fingerprint density at radius 3 is 2.22 bits per heavy atom. The maximum atomic E-state index is 12.5. The number of carbonyl (C=O) groups is 1. The zero-order valence-electron chi connectivity index (χ0n) is 14.3. The quantitative estimate of drug-likeness (QED) is 0.409. The molecule has 0 aromatic heterocycles. The smallest absolute Gasteiger partial charge is 0.385 e. The molecule has 0 aliphatic rings. The molecule has 0 unspecified atom stereocenters. The number of hydrogen-bond donors (Lipinski definition) is 2. The number of amides is 1. The van der Waals surface area contributed by atoms with E-state index in [4.69, 9.17) is 0 Å². The number of nitro groups is 1. The molecule has 2 N–H and O–H groups in total. The highest BCUT2D eigenvalue weighted by Crippen LogP contribution is 2.29. The van der Waals surface area contributed by atoms with E-state index in [9.17, 15) is 28.1 Å². The normalized spacial score (nSPS) is 11.1. The minimum atomic E-state index is -4.38. The molecule has 27 heavy (non-hydrogen) atoms. The standard InChI is InChI=1S/C18H18F3N3O3/c19-18(20,21)14-5-3-13(4-6-14)12-23-17(25)2-1-11-22-15-7-9-16(10-8-15)24(26)27/h3-10,22H,1-2,11-12H2,(H,23,25). The van der Waals surface area contributed by atoms with Crippen molar-refractivity contribution >= 4 is 17.3 Å². The Bertz CT molecular complexity index is 775. The second-order valence-electron chi connectivity index (χ2n) is 5.81. The molecule has 0 heterocycles. The molecule has 144 valence electrons. The van der Waals surface area contributed by atoms with Gasteiger partial charge in [-0.2, -0.15) is 13.2 Å². The van der Waals surface area contributed by atoms with Crippen molar-refractivity contribution < 1.29 is 22.9 Å². The molecule has 0 spiro atoms. The van der Waals surface area contributed by atoms with Gasteiger partial charge in [0.05, 0.1) is 10.5 Å². The molecule has 0 saturated heterocycles. The van der Waals surface area contributed by atoms with Gasteiger partial charge in [0.1, 0.15) is 0 Å². The van der Waals surface area contributed by atoms with E-state index >= 15 is 0 Å². The number of halogens is 3. The van der Waals surface area contributed by atoms with Crippen LogP contribution in [0.1, 0.15) is 24.0 Å². The van der Waals surface area contributed by atoms with Crippen LogP contribution in [0.2, 0.25) is 0 Å². The van der Waals surface area contributed by atoms with Gasteiger partial charge < -0.3 is 10.6 Å². The number of anilines is 1. The van der Waals surface area contributed by atoms with Crippen molar-refractivity contribution in [2.75, 3.05) is 11.9 Å². The van der Waals surface area contributed by atoms with E-state index in [0.29, 0.717) is 24.2 Å². The maximum Gasteiger partial charge on any atom is 0.416 e. The van der Waals surface area contributed by atoms with Crippen LogP contribution in [-0.2, 0) is 17.5 Å². The lowest BCUT2D eigenvalue weighted by Gasteiger charge is -2.09. The monoisotopic (exact) mass is 381 g/mol. The van der Waals surface area contributed by atoms with Crippen molar-refractivity contribution in [1.82, 2.24) is 5.32 Å². The third-order valence-electron chi connectivity index (χ3n) is 3.76. The summed E-state index contributed by atoms with van der Waals surface area (Å²) in [5.41, 5.74) is 0.573. The van der Waals surface area contributed by atoms with Crippen LogP contribution < -0.4 is 10.6 Å². The number of nitrogens with one attached hydrogen (secondary N) is 2. The van der Waals surface area contributed by atoms with Crippen LogP contribution in [0.3, 0.4) is 0 Å². The lowest BCUT2D eigenvalue weighted by molar-refractivity contribution is -0.384. The summed E-state index contributed by atoms with van der Waals surface area (Å²) in [5.74, 6) is -0.208. The van der Waals surface area contributed by atoms with Crippen LogP contribution in [-0.4, -0.2) is 17.4 Å². The lowest BCUT2D eigenvalue weighted by atomic mass is 10.1. The van der Waals surface area contributed by atoms with E-state index in [2.05, 4.69) is 10.6 Å². The fraction of sp³-hybridized carbons (Fsp3) is 0.278. The Labute approximate surface area is 153 Å². The summed E-state index contributed by atoms with van der Waals surface area (Å²) in [6.07, 6.45) is -3.59. The first-order chi connectivity index (χ1) is 12.8. The van der Waals surface area contributed by atoms with Crippen molar-refractivity contribution in [3.05, 3.63) is 69.8 Å². The first kappa shape index (κ1) is 20.2. The zero-order chi connectivity index (χ0) is 19.9. The summed E-state index contributed by atoms with van der Waals surface area (Å²) >= 11 is 0. The molecular weight excluding hydrogens is 363 g/mol. The number of non-ortho nitro benzene ring substituents is 1. The first-order valence-electron chi connectivity index (χ1n) is 8.17. The third kappa shape index (κ3) is 6.61. The summed E-state index contributed by atoms with van der Waals surface area (Å²) in [6, 6.07) is 10.6. The van der Waals surface area contributed by atoms with E-state index < -0.39 is 16.7 Å². The van der Waals surface area contributed by atoms with Gasteiger partial charge in [-0.05, 0) is 36.2 Å². The van der Waals surface area contributed by atoms with E-state index in [0.717, 1.165) is 12.1 Å². The molecule has 2 aromatic rings. The topological polar surface area (TPSA) is 84.3 Å². The molecule has 0 aliphatic carbocycles. The Morgan fingerprint density at radius 1 is 1.04 bits per heavy atom. The van der Waals surface area contributed by atoms with Gasteiger partial charge in [0, 0.05) is 37.3 Å². The molecular formula is C18H18F3N3O3. The van der Waals surface area contributed by atoms with E-state index in [1.165, 1.54) is 24.3 Å². The van der Waals surface area contributed by atoms with Gasteiger partial charge in [-0.25, -0.2) is 0 Å².